The second-order valence-electron chi connectivity index (χ2n) is 5.24. The van der Waals surface area contributed by atoms with E-state index in [1.807, 2.05) is 30.3 Å². The van der Waals surface area contributed by atoms with Crippen molar-refractivity contribution in [3.63, 3.8) is 0 Å². The van der Waals surface area contributed by atoms with E-state index in [1.54, 1.807) is 0 Å². The number of para-hydroxylation sites is 2. The third kappa shape index (κ3) is 4.25. The molecule has 1 aliphatic heterocycles. The lowest BCUT2D eigenvalue weighted by Crippen LogP contribution is -2.40. The first kappa shape index (κ1) is 14.9. The number of rotatable bonds is 1. The topological polar surface area (TPSA) is 41.9 Å². The lowest BCUT2D eigenvalue weighted by molar-refractivity contribution is 0.0607. The monoisotopic (exact) mass is 277 g/mol. The number of ether oxygens (including phenoxy) is 2. The highest BCUT2D eigenvalue weighted by Crippen LogP contribution is 2.26. The van der Waals surface area contributed by atoms with E-state index in [4.69, 9.17) is 9.47 Å². The van der Waals surface area contributed by atoms with E-state index < -0.39 is 6.10 Å². The minimum atomic E-state index is -0.515. The fraction of sp³-hybridized carbons (Fsp3) is 0.500. The van der Waals surface area contributed by atoms with Crippen molar-refractivity contribution >= 4 is 0 Å². The van der Waals surface area contributed by atoms with E-state index in [1.165, 1.54) is 0 Å². The second kappa shape index (κ2) is 7.31. The zero-order chi connectivity index (χ0) is 14.4. The standard InChI is InChI=1S/C16H23NO3/c1-13(2)17-9-5-6-10-19-15-7-3-4-8-16(15)20-12-14(18)11-17/h3-8,13-14,18H,9-12H2,1-2H3/b6-5+. The minimum Gasteiger partial charge on any atom is -0.487 e. The lowest BCUT2D eigenvalue weighted by Gasteiger charge is -2.28. The van der Waals surface area contributed by atoms with E-state index in [0.717, 1.165) is 6.54 Å². The smallest absolute Gasteiger partial charge is 0.161 e. The van der Waals surface area contributed by atoms with E-state index in [2.05, 4.69) is 24.8 Å². The summed E-state index contributed by atoms with van der Waals surface area (Å²) in [6.07, 6.45) is 3.57. The quantitative estimate of drug-likeness (QED) is 0.798. The van der Waals surface area contributed by atoms with Gasteiger partial charge in [-0.2, -0.15) is 0 Å². The summed E-state index contributed by atoms with van der Waals surface area (Å²) in [5, 5.41) is 10.1. The summed E-state index contributed by atoms with van der Waals surface area (Å²) in [6, 6.07) is 7.93. The van der Waals surface area contributed by atoms with Gasteiger partial charge in [-0.25, -0.2) is 0 Å². The lowest BCUT2D eigenvalue weighted by atomic mass is 10.2. The third-order valence-corrected chi connectivity index (χ3v) is 3.30. The van der Waals surface area contributed by atoms with Gasteiger partial charge in [0, 0.05) is 19.1 Å². The van der Waals surface area contributed by atoms with Gasteiger partial charge in [-0.3, -0.25) is 4.90 Å². The van der Waals surface area contributed by atoms with Gasteiger partial charge in [-0.05, 0) is 26.0 Å². The van der Waals surface area contributed by atoms with Gasteiger partial charge in [0.05, 0.1) is 0 Å². The Morgan fingerprint density at radius 1 is 1.15 bits per heavy atom. The average Bonchev–Trinajstić information content (AvgIpc) is 2.42. The number of aliphatic hydroxyl groups is 1. The molecule has 0 fully saturated rings. The molecule has 1 atom stereocenters. The molecule has 4 heteroatoms. The molecule has 0 radical (unpaired) electrons. The maximum atomic E-state index is 10.1. The van der Waals surface area contributed by atoms with Gasteiger partial charge in [0.15, 0.2) is 11.5 Å². The third-order valence-electron chi connectivity index (χ3n) is 3.30. The van der Waals surface area contributed by atoms with Crippen molar-refractivity contribution in [3.8, 4) is 11.5 Å². The first-order valence-corrected chi connectivity index (χ1v) is 7.08. The molecule has 0 aliphatic carbocycles. The van der Waals surface area contributed by atoms with Gasteiger partial charge >= 0.3 is 0 Å². The molecule has 4 nitrogen and oxygen atoms in total. The van der Waals surface area contributed by atoms with Gasteiger partial charge in [-0.15, -0.1) is 0 Å². The van der Waals surface area contributed by atoms with Crippen LogP contribution >= 0.6 is 0 Å². The molecule has 0 aromatic heterocycles. The predicted octanol–water partition coefficient (Wildman–Crippen LogP) is 2.09. The SMILES string of the molecule is CC(C)N1C/C=C/COc2ccccc2OCC(O)C1. The molecule has 1 unspecified atom stereocenters. The molecule has 1 aromatic rings. The Morgan fingerprint density at radius 2 is 1.85 bits per heavy atom. The molecule has 0 saturated carbocycles. The van der Waals surface area contributed by atoms with Crippen LogP contribution in [0.25, 0.3) is 0 Å². The van der Waals surface area contributed by atoms with Crippen molar-refractivity contribution in [3.05, 3.63) is 36.4 Å². The number of nitrogens with zero attached hydrogens (tertiary/aromatic N) is 1. The normalized spacial score (nSPS) is 22.9. The van der Waals surface area contributed by atoms with Crippen LogP contribution in [0.3, 0.4) is 0 Å². The summed E-state index contributed by atoms with van der Waals surface area (Å²) in [4.78, 5) is 2.21. The maximum Gasteiger partial charge on any atom is 0.161 e. The van der Waals surface area contributed by atoms with Gasteiger partial charge in [0.2, 0.25) is 0 Å². The highest BCUT2D eigenvalue weighted by atomic mass is 16.5. The van der Waals surface area contributed by atoms with Crippen molar-refractivity contribution in [2.45, 2.75) is 26.0 Å². The Morgan fingerprint density at radius 3 is 2.55 bits per heavy atom. The van der Waals surface area contributed by atoms with Crippen LogP contribution in [-0.4, -0.2) is 48.5 Å². The van der Waals surface area contributed by atoms with Crippen molar-refractivity contribution in [1.29, 1.82) is 0 Å². The van der Waals surface area contributed by atoms with Crippen LogP contribution < -0.4 is 9.47 Å². The van der Waals surface area contributed by atoms with Crippen LogP contribution in [-0.2, 0) is 0 Å². The molecular formula is C16H23NO3. The van der Waals surface area contributed by atoms with Gasteiger partial charge in [0.25, 0.3) is 0 Å². The van der Waals surface area contributed by atoms with E-state index in [-0.39, 0.29) is 6.61 Å². The van der Waals surface area contributed by atoms with E-state index >= 15 is 0 Å². The van der Waals surface area contributed by atoms with Gasteiger partial charge < -0.3 is 14.6 Å². The average molecular weight is 277 g/mol. The largest absolute Gasteiger partial charge is 0.487 e. The number of fused-ring (bicyclic) bond motifs is 1. The van der Waals surface area contributed by atoms with Gasteiger partial charge in [0.1, 0.15) is 19.3 Å². The molecule has 0 spiro atoms. The summed E-state index contributed by atoms with van der Waals surface area (Å²) in [5.74, 6) is 1.39. The van der Waals surface area contributed by atoms with Crippen molar-refractivity contribution < 1.29 is 14.6 Å². The minimum absolute atomic E-state index is 0.271. The maximum absolute atomic E-state index is 10.1. The number of aliphatic hydroxyl groups excluding tert-OH is 1. The van der Waals surface area contributed by atoms with E-state index in [0.29, 0.717) is 30.7 Å². The van der Waals surface area contributed by atoms with Crippen molar-refractivity contribution in [2.75, 3.05) is 26.3 Å². The molecule has 0 saturated heterocycles. The zero-order valence-corrected chi connectivity index (χ0v) is 12.2. The number of benzene rings is 1. The van der Waals surface area contributed by atoms with Gasteiger partial charge in [-0.1, -0.05) is 24.3 Å². The highest BCUT2D eigenvalue weighted by Gasteiger charge is 2.15. The van der Waals surface area contributed by atoms with Crippen LogP contribution in [0.1, 0.15) is 13.8 Å². The molecule has 110 valence electrons. The molecule has 1 aliphatic rings. The summed E-state index contributed by atoms with van der Waals surface area (Å²) in [7, 11) is 0. The van der Waals surface area contributed by atoms with Crippen molar-refractivity contribution in [2.24, 2.45) is 0 Å². The first-order valence-electron chi connectivity index (χ1n) is 7.08. The Kier molecular flexibility index (Phi) is 5.44. The Balaban J connectivity index is 2.10. The molecule has 2 rings (SSSR count). The van der Waals surface area contributed by atoms with Crippen LogP contribution in [0.15, 0.2) is 36.4 Å². The zero-order valence-electron chi connectivity index (χ0n) is 12.2. The Labute approximate surface area is 120 Å². The van der Waals surface area contributed by atoms with Crippen LogP contribution in [0.5, 0.6) is 11.5 Å². The molecular weight excluding hydrogens is 254 g/mol. The summed E-state index contributed by atoms with van der Waals surface area (Å²) in [5.41, 5.74) is 0. The van der Waals surface area contributed by atoms with Crippen LogP contribution in [0.4, 0.5) is 0 Å². The molecule has 20 heavy (non-hydrogen) atoms. The summed E-state index contributed by atoms with van der Waals surface area (Å²) < 4.78 is 11.4. The van der Waals surface area contributed by atoms with Crippen molar-refractivity contribution in [1.82, 2.24) is 4.90 Å². The molecule has 1 aromatic carbocycles. The van der Waals surface area contributed by atoms with Crippen LogP contribution in [0, 0.1) is 0 Å². The Hall–Kier alpha value is -1.52. The fourth-order valence-corrected chi connectivity index (χ4v) is 2.11. The van der Waals surface area contributed by atoms with E-state index in [9.17, 15) is 5.11 Å². The first-order chi connectivity index (χ1) is 9.66. The fourth-order valence-electron chi connectivity index (χ4n) is 2.11. The van der Waals surface area contributed by atoms with Crippen LogP contribution in [0.2, 0.25) is 0 Å². The second-order valence-corrected chi connectivity index (χ2v) is 5.24. The molecule has 1 N–H and O–H groups in total. The number of hydrogen-bond donors (Lipinski definition) is 1. The predicted molar refractivity (Wildman–Crippen MR) is 79.3 cm³/mol. The summed E-state index contributed by atoms with van der Waals surface area (Å²) >= 11 is 0. The number of hydrogen-bond acceptors (Lipinski definition) is 4. The highest BCUT2D eigenvalue weighted by molar-refractivity contribution is 5.39. The summed E-state index contributed by atoms with van der Waals surface area (Å²) in [6.45, 7) is 6.45. The number of β-amino-alcohol motifs (C(OH)–C–C–N with tert-alkyl or cyclic N) is 1. The molecule has 0 amide bonds. The molecule has 1 heterocycles. The molecule has 0 bridgehead atoms. The Bertz CT molecular complexity index is 445.